The average molecular weight is 382 g/mol. The maximum Gasteiger partial charge on any atom is 0.310 e. The minimum atomic E-state index is -0.706. The van der Waals surface area contributed by atoms with Gasteiger partial charge in [-0.3, -0.25) is 14.4 Å². The number of benzene rings is 1. The van der Waals surface area contributed by atoms with Gasteiger partial charge in [0.05, 0.1) is 26.1 Å². The van der Waals surface area contributed by atoms with Crippen LogP contribution in [0.4, 0.5) is 0 Å². The van der Waals surface area contributed by atoms with E-state index in [4.69, 9.17) is 9.47 Å². The Morgan fingerprint density at radius 3 is 2.07 bits per heavy atom. The lowest BCUT2D eigenvalue weighted by molar-refractivity contribution is -0.161. The van der Waals surface area contributed by atoms with Crippen molar-refractivity contribution in [1.29, 1.82) is 0 Å². The molecule has 0 aliphatic heterocycles. The van der Waals surface area contributed by atoms with Gasteiger partial charge in [0, 0.05) is 11.0 Å². The molecule has 5 nitrogen and oxygen atoms in total. The van der Waals surface area contributed by atoms with Crippen LogP contribution in [0, 0.1) is 23.2 Å². The minimum Gasteiger partial charge on any atom is -0.469 e. The monoisotopic (exact) mass is 382 g/mol. The zero-order chi connectivity index (χ0) is 20.5. The number of methoxy groups -OCH3 is 2. The van der Waals surface area contributed by atoms with Crippen LogP contribution in [0.1, 0.15) is 42.1 Å². The fraction of sp³-hybridized carbons (Fsp3) is 0.435. The number of hydrogen-bond donors (Lipinski definition) is 0. The highest BCUT2D eigenvalue weighted by atomic mass is 16.5. The highest BCUT2D eigenvalue weighted by Gasteiger charge is 2.58. The van der Waals surface area contributed by atoms with Gasteiger partial charge in [-0.15, -0.1) is 0 Å². The van der Waals surface area contributed by atoms with Gasteiger partial charge in [0.2, 0.25) is 0 Å². The Kier molecular flexibility index (Phi) is 5.54. The molecule has 1 aromatic carbocycles. The fourth-order valence-electron chi connectivity index (χ4n) is 4.49. The van der Waals surface area contributed by atoms with E-state index in [1.807, 2.05) is 24.3 Å². The minimum absolute atomic E-state index is 0.00942. The molecule has 0 saturated heterocycles. The van der Waals surface area contributed by atoms with Gasteiger partial charge in [0.15, 0.2) is 5.78 Å². The molecule has 148 valence electrons. The summed E-state index contributed by atoms with van der Waals surface area (Å²) in [6.45, 7) is 5.87. The molecule has 0 bridgehead atoms. The summed E-state index contributed by atoms with van der Waals surface area (Å²) in [6.07, 6.45) is 6.32. The van der Waals surface area contributed by atoms with Crippen molar-refractivity contribution in [2.75, 3.05) is 14.2 Å². The quantitative estimate of drug-likeness (QED) is 0.425. The topological polar surface area (TPSA) is 69.7 Å². The van der Waals surface area contributed by atoms with E-state index >= 15 is 0 Å². The van der Waals surface area contributed by atoms with Crippen molar-refractivity contribution in [3.63, 3.8) is 0 Å². The number of esters is 2. The smallest absolute Gasteiger partial charge is 0.310 e. The number of carbonyl (C=O) groups is 3. The molecule has 0 unspecified atom stereocenters. The highest BCUT2D eigenvalue weighted by molar-refractivity contribution is 5.94. The summed E-state index contributed by atoms with van der Waals surface area (Å²) >= 11 is 0. The third kappa shape index (κ3) is 3.30. The normalized spacial score (nSPS) is 26.4. The molecule has 0 N–H and O–H groups in total. The van der Waals surface area contributed by atoms with Gasteiger partial charge in [0.25, 0.3) is 0 Å². The van der Waals surface area contributed by atoms with Crippen LogP contribution in [0.15, 0.2) is 43.0 Å². The van der Waals surface area contributed by atoms with E-state index < -0.39 is 29.2 Å². The summed E-state index contributed by atoms with van der Waals surface area (Å²) in [7, 11) is 2.68. The number of Topliss-reactive ketones (excluding diaryl/α,β-unsaturated/α-hetero) is 1. The van der Waals surface area contributed by atoms with E-state index in [1.165, 1.54) is 21.1 Å². The van der Waals surface area contributed by atoms with Crippen molar-refractivity contribution in [3.8, 4) is 0 Å². The first-order valence-electron chi connectivity index (χ1n) is 9.51. The molecular formula is C23H26O5. The third-order valence-corrected chi connectivity index (χ3v) is 6.08. The van der Waals surface area contributed by atoms with Crippen LogP contribution < -0.4 is 0 Å². The van der Waals surface area contributed by atoms with Crippen molar-refractivity contribution >= 4 is 23.3 Å². The van der Waals surface area contributed by atoms with E-state index in [0.717, 1.165) is 24.0 Å². The molecule has 0 heterocycles. The van der Waals surface area contributed by atoms with Crippen molar-refractivity contribution in [1.82, 2.24) is 0 Å². The molecule has 5 heteroatoms. The Balaban J connectivity index is 2.10. The zero-order valence-corrected chi connectivity index (χ0v) is 16.6. The summed E-state index contributed by atoms with van der Waals surface area (Å²) in [5.41, 5.74) is 1.53. The van der Waals surface area contributed by atoms with E-state index in [-0.39, 0.29) is 11.7 Å². The molecule has 1 fully saturated rings. The van der Waals surface area contributed by atoms with Gasteiger partial charge in [-0.2, -0.15) is 0 Å². The maximum atomic E-state index is 12.9. The number of rotatable bonds is 6. The zero-order valence-electron chi connectivity index (χ0n) is 16.6. The molecule has 0 radical (unpaired) electrons. The molecule has 3 atom stereocenters. The number of ketones is 1. The molecule has 3 rings (SSSR count). The third-order valence-electron chi connectivity index (χ3n) is 6.08. The van der Waals surface area contributed by atoms with Crippen LogP contribution in [0.25, 0.3) is 5.57 Å². The molecule has 28 heavy (non-hydrogen) atoms. The molecule has 0 amide bonds. The molecular weight excluding hydrogens is 356 g/mol. The first-order valence-corrected chi connectivity index (χ1v) is 9.51. The number of carbonyl (C=O) groups excluding carboxylic acids is 3. The predicted octanol–water partition coefficient (Wildman–Crippen LogP) is 3.84. The summed E-state index contributed by atoms with van der Waals surface area (Å²) in [6, 6.07) is 7.24. The van der Waals surface area contributed by atoms with Crippen LogP contribution in [-0.4, -0.2) is 31.9 Å². The van der Waals surface area contributed by atoms with Gasteiger partial charge in [-0.25, -0.2) is 0 Å². The highest BCUT2D eigenvalue weighted by Crippen LogP contribution is 2.61. The maximum absolute atomic E-state index is 12.9. The Hall–Kier alpha value is -2.69. The van der Waals surface area contributed by atoms with Crippen LogP contribution in [0.5, 0.6) is 0 Å². The Bertz CT molecular complexity index is 831. The molecule has 2 aliphatic rings. The van der Waals surface area contributed by atoms with Gasteiger partial charge < -0.3 is 9.47 Å². The second kappa shape index (κ2) is 7.74. The lowest BCUT2D eigenvalue weighted by Gasteiger charge is -2.44. The number of allylic oxidation sites excluding steroid dienone is 3. The molecule has 0 aromatic heterocycles. The van der Waals surface area contributed by atoms with Crippen LogP contribution in [0.2, 0.25) is 0 Å². The van der Waals surface area contributed by atoms with E-state index in [0.29, 0.717) is 12.0 Å². The second-order valence-corrected chi connectivity index (χ2v) is 7.59. The number of ether oxygens (including phenoxy) is 2. The van der Waals surface area contributed by atoms with Crippen molar-refractivity contribution in [2.45, 2.75) is 26.2 Å². The van der Waals surface area contributed by atoms with Gasteiger partial charge in [-0.1, -0.05) is 43.0 Å². The first kappa shape index (κ1) is 20.1. The summed E-state index contributed by atoms with van der Waals surface area (Å²) in [5, 5.41) is 0. The fourth-order valence-corrected chi connectivity index (χ4v) is 4.49. The van der Waals surface area contributed by atoms with Gasteiger partial charge in [-0.05, 0) is 43.2 Å². The molecule has 0 spiro atoms. The van der Waals surface area contributed by atoms with Crippen LogP contribution >= 0.6 is 0 Å². The van der Waals surface area contributed by atoms with Crippen LogP contribution in [0.3, 0.4) is 0 Å². The second-order valence-electron chi connectivity index (χ2n) is 7.59. The molecule has 1 aromatic rings. The predicted molar refractivity (Wildman–Crippen MR) is 105 cm³/mol. The van der Waals surface area contributed by atoms with Crippen molar-refractivity contribution in [2.24, 2.45) is 23.2 Å². The Morgan fingerprint density at radius 2 is 1.57 bits per heavy atom. The van der Waals surface area contributed by atoms with E-state index in [9.17, 15) is 14.4 Å². The summed E-state index contributed by atoms with van der Waals surface area (Å²) in [5.74, 6) is -1.94. The largest absolute Gasteiger partial charge is 0.469 e. The van der Waals surface area contributed by atoms with Gasteiger partial charge in [0.1, 0.15) is 0 Å². The molecule has 2 aliphatic carbocycles. The Morgan fingerprint density at radius 1 is 1.00 bits per heavy atom. The van der Waals surface area contributed by atoms with Crippen LogP contribution in [-0.2, 0) is 19.1 Å². The van der Waals surface area contributed by atoms with Crippen molar-refractivity contribution in [3.05, 3.63) is 54.1 Å². The SMILES string of the molecule is C=C(c1ccc(C(C)=O)cc1)[C@@]1(C2CC2)C=CC[C@@H](C(=O)OC)[C@@H]1C(=O)OC. The standard InChI is InChI=1S/C23H26O5/c1-14(16-7-9-17(10-8-16)15(2)24)23(18-11-12-18)13-5-6-19(21(25)27-3)20(23)22(26)28-4/h5,7-10,13,18-20H,1,6,11-12H2,2-4H3/t19-,20-,23-/m1/s1. The average Bonchev–Trinajstić information content (AvgIpc) is 3.57. The van der Waals surface area contributed by atoms with E-state index in [1.54, 1.807) is 12.1 Å². The van der Waals surface area contributed by atoms with Gasteiger partial charge >= 0.3 is 11.9 Å². The Labute approximate surface area is 165 Å². The summed E-state index contributed by atoms with van der Waals surface area (Å²) < 4.78 is 10.1. The number of hydrogen-bond acceptors (Lipinski definition) is 5. The van der Waals surface area contributed by atoms with Crippen molar-refractivity contribution < 1.29 is 23.9 Å². The molecule has 1 saturated carbocycles. The lowest BCUT2D eigenvalue weighted by atomic mass is 9.58. The summed E-state index contributed by atoms with van der Waals surface area (Å²) in [4.78, 5) is 36.9. The first-order chi connectivity index (χ1) is 13.4. The van der Waals surface area contributed by atoms with E-state index in [2.05, 4.69) is 6.58 Å². The lowest BCUT2D eigenvalue weighted by Crippen LogP contribution is -2.47.